The topological polar surface area (TPSA) is 81.0 Å². The molecule has 0 radical (unpaired) electrons. The first kappa shape index (κ1) is 17.7. The summed E-state index contributed by atoms with van der Waals surface area (Å²) in [6.45, 7) is 6.15. The van der Waals surface area contributed by atoms with E-state index < -0.39 is 5.97 Å². The van der Waals surface area contributed by atoms with Gasteiger partial charge in [-0.3, -0.25) is 4.99 Å². The van der Waals surface area contributed by atoms with Gasteiger partial charge in [-0.15, -0.1) is 0 Å². The van der Waals surface area contributed by atoms with Gasteiger partial charge in [-0.05, 0) is 32.4 Å². The number of esters is 1. The maximum atomic E-state index is 11.9. The fourth-order valence-corrected chi connectivity index (χ4v) is 1.69. The summed E-state index contributed by atoms with van der Waals surface area (Å²) in [6, 6.07) is 3.43. The van der Waals surface area contributed by atoms with Gasteiger partial charge in [-0.25, -0.2) is 9.78 Å². The van der Waals surface area contributed by atoms with Gasteiger partial charge in [-0.1, -0.05) is 6.92 Å². The molecule has 0 aliphatic heterocycles. The predicted molar refractivity (Wildman–Crippen MR) is 84.8 cm³/mol. The molecule has 1 aromatic heterocycles. The van der Waals surface area contributed by atoms with Crippen LogP contribution < -0.4 is 4.74 Å². The van der Waals surface area contributed by atoms with E-state index >= 15 is 0 Å². The number of aliphatic hydroxyl groups excluding tert-OH is 1. The number of hydrogen-bond acceptors (Lipinski definition) is 6. The largest absolute Gasteiger partial charge is 0.511 e. The Labute approximate surface area is 130 Å². The highest BCUT2D eigenvalue weighted by Gasteiger charge is 2.14. The van der Waals surface area contributed by atoms with E-state index in [1.807, 2.05) is 13.8 Å². The van der Waals surface area contributed by atoms with Crippen molar-refractivity contribution in [3.8, 4) is 5.88 Å². The molecule has 0 spiro atoms. The number of nitrogens with zero attached hydrogens (tertiary/aromatic N) is 2. The van der Waals surface area contributed by atoms with Crippen molar-refractivity contribution in [3.05, 3.63) is 29.7 Å². The Kier molecular flexibility index (Phi) is 7.67. The molecule has 120 valence electrons. The molecule has 1 N–H and O–H groups in total. The van der Waals surface area contributed by atoms with Crippen LogP contribution in [-0.2, 0) is 9.53 Å². The third-order valence-electron chi connectivity index (χ3n) is 2.66. The van der Waals surface area contributed by atoms with Gasteiger partial charge in [0.25, 0.3) is 0 Å². The van der Waals surface area contributed by atoms with Gasteiger partial charge >= 0.3 is 5.97 Å². The van der Waals surface area contributed by atoms with Crippen molar-refractivity contribution in [2.75, 3.05) is 13.2 Å². The first-order valence-corrected chi connectivity index (χ1v) is 7.35. The van der Waals surface area contributed by atoms with Crippen LogP contribution in [0, 0.1) is 0 Å². The van der Waals surface area contributed by atoms with E-state index in [-0.39, 0.29) is 17.9 Å². The Morgan fingerprint density at radius 3 is 2.77 bits per heavy atom. The van der Waals surface area contributed by atoms with E-state index in [4.69, 9.17) is 9.47 Å². The third-order valence-corrected chi connectivity index (χ3v) is 2.66. The van der Waals surface area contributed by atoms with Crippen LogP contribution in [0.1, 0.15) is 33.6 Å². The van der Waals surface area contributed by atoms with Crippen LogP contribution >= 0.6 is 0 Å². The fourth-order valence-electron chi connectivity index (χ4n) is 1.69. The molecular weight excluding hydrogens is 284 g/mol. The maximum Gasteiger partial charge on any atom is 0.343 e. The summed E-state index contributed by atoms with van der Waals surface area (Å²) in [6.07, 6.45) is 3.98. The fraction of sp³-hybridized carbons (Fsp3) is 0.438. The molecule has 1 heterocycles. The van der Waals surface area contributed by atoms with E-state index in [1.54, 1.807) is 25.3 Å². The number of carbonyl (C=O) groups is 1. The van der Waals surface area contributed by atoms with E-state index in [0.717, 1.165) is 0 Å². The van der Waals surface area contributed by atoms with Crippen molar-refractivity contribution in [1.82, 2.24) is 4.98 Å². The minimum absolute atomic E-state index is 0.0356. The number of aliphatic hydroxyl groups is 1. The Balaban J connectivity index is 3.08. The van der Waals surface area contributed by atoms with Crippen molar-refractivity contribution in [2.45, 2.75) is 33.6 Å². The molecule has 0 saturated heterocycles. The van der Waals surface area contributed by atoms with Crippen molar-refractivity contribution in [2.24, 2.45) is 4.99 Å². The second-order valence-corrected chi connectivity index (χ2v) is 4.35. The average molecular weight is 306 g/mol. The third kappa shape index (κ3) is 5.20. The molecule has 0 aromatic carbocycles. The second kappa shape index (κ2) is 9.55. The van der Waals surface area contributed by atoms with E-state index in [0.29, 0.717) is 31.0 Å². The molecule has 6 heteroatoms. The summed E-state index contributed by atoms with van der Waals surface area (Å²) in [5.41, 5.74) is 0.533. The quantitative estimate of drug-likeness (QED) is 0.345. The predicted octanol–water partition coefficient (Wildman–Crippen LogP) is 3.36. The lowest BCUT2D eigenvalue weighted by atomic mass is 10.1. The summed E-state index contributed by atoms with van der Waals surface area (Å²) in [5, 5.41) is 10.00. The number of hydrogen-bond donors (Lipinski definition) is 1. The summed E-state index contributed by atoms with van der Waals surface area (Å²) in [7, 11) is 0. The number of carbonyl (C=O) groups excluding carboxylic acids is 1. The van der Waals surface area contributed by atoms with Crippen LogP contribution in [0.5, 0.6) is 5.88 Å². The molecule has 0 amide bonds. The maximum absolute atomic E-state index is 11.9. The molecular formula is C16H22N2O4. The van der Waals surface area contributed by atoms with Crippen LogP contribution in [-0.4, -0.2) is 35.5 Å². The van der Waals surface area contributed by atoms with Crippen LogP contribution in [0.3, 0.4) is 0 Å². The minimum atomic E-state index is -0.598. The Morgan fingerprint density at radius 1 is 1.36 bits per heavy atom. The minimum Gasteiger partial charge on any atom is -0.511 e. The highest BCUT2D eigenvalue weighted by atomic mass is 16.5. The lowest BCUT2D eigenvalue weighted by molar-refractivity contribution is -0.138. The summed E-state index contributed by atoms with van der Waals surface area (Å²) >= 11 is 0. The highest BCUT2D eigenvalue weighted by Crippen LogP contribution is 2.24. The van der Waals surface area contributed by atoms with Crippen LogP contribution in [0.25, 0.3) is 0 Å². The van der Waals surface area contributed by atoms with E-state index in [1.165, 1.54) is 6.21 Å². The lowest BCUT2D eigenvalue weighted by Crippen LogP contribution is -2.11. The first-order chi connectivity index (χ1) is 10.6. The normalized spacial score (nSPS) is 12.1. The van der Waals surface area contributed by atoms with Gasteiger partial charge in [0.1, 0.15) is 17.0 Å². The first-order valence-electron chi connectivity index (χ1n) is 7.35. The Hall–Kier alpha value is -2.37. The molecule has 0 saturated carbocycles. The Bertz CT molecular complexity index is 553. The summed E-state index contributed by atoms with van der Waals surface area (Å²) in [5.74, 6) is -0.259. The van der Waals surface area contributed by atoms with Crippen molar-refractivity contribution >= 4 is 17.9 Å². The van der Waals surface area contributed by atoms with Crippen molar-refractivity contribution < 1.29 is 19.4 Å². The standard InChI is InChI=1S/C16H22N2O4/c1-4-8-14(19)12(16(20)22-6-3)11-18-13-9-7-10-17-15(13)21-5-2/h7,9-11,19H,4-6,8H2,1-3H3/b14-12+,18-11?. The SMILES string of the molecule is CCC/C(O)=C(/C=Nc1cccnc1OCC)C(=O)OCC. The van der Waals surface area contributed by atoms with Crippen LogP contribution in [0.15, 0.2) is 34.7 Å². The molecule has 6 nitrogen and oxygen atoms in total. The van der Waals surface area contributed by atoms with Gasteiger partial charge in [0.05, 0.1) is 13.2 Å². The van der Waals surface area contributed by atoms with E-state index in [2.05, 4.69) is 9.98 Å². The molecule has 0 fully saturated rings. The van der Waals surface area contributed by atoms with Gasteiger partial charge in [-0.2, -0.15) is 0 Å². The number of rotatable bonds is 8. The molecule has 0 aliphatic carbocycles. The number of aliphatic imine (C=N–C) groups is 1. The molecule has 0 bridgehead atoms. The van der Waals surface area contributed by atoms with Crippen molar-refractivity contribution in [3.63, 3.8) is 0 Å². The van der Waals surface area contributed by atoms with Gasteiger partial charge in [0.15, 0.2) is 0 Å². The summed E-state index contributed by atoms with van der Waals surface area (Å²) < 4.78 is 10.3. The van der Waals surface area contributed by atoms with E-state index in [9.17, 15) is 9.90 Å². The van der Waals surface area contributed by atoms with Crippen molar-refractivity contribution in [1.29, 1.82) is 0 Å². The van der Waals surface area contributed by atoms with Gasteiger partial charge in [0.2, 0.25) is 5.88 Å². The molecule has 22 heavy (non-hydrogen) atoms. The highest BCUT2D eigenvalue weighted by molar-refractivity contribution is 6.10. The second-order valence-electron chi connectivity index (χ2n) is 4.35. The van der Waals surface area contributed by atoms with Crippen LogP contribution in [0.4, 0.5) is 5.69 Å². The molecule has 0 aliphatic rings. The lowest BCUT2D eigenvalue weighted by Gasteiger charge is -2.07. The zero-order valence-corrected chi connectivity index (χ0v) is 13.2. The smallest absolute Gasteiger partial charge is 0.343 e. The molecule has 0 atom stereocenters. The summed E-state index contributed by atoms with van der Waals surface area (Å²) in [4.78, 5) is 20.2. The molecule has 1 aromatic rings. The van der Waals surface area contributed by atoms with Crippen LogP contribution in [0.2, 0.25) is 0 Å². The molecule has 1 rings (SSSR count). The number of aromatic nitrogens is 1. The Morgan fingerprint density at radius 2 is 2.14 bits per heavy atom. The van der Waals surface area contributed by atoms with Gasteiger partial charge in [0, 0.05) is 18.8 Å². The van der Waals surface area contributed by atoms with Gasteiger partial charge < -0.3 is 14.6 Å². The number of allylic oxidation sites excluding steroid dienone is 1. The number of ether oxygens (including phenoxy) is 2. The zero-order chi connectivity index (χ0) is 16.4. The zero-order valence-electron chi connectivity index (χ0n) is 13.2. The monoisotopic (exact) mass is 306 g/mol. The molecule has 0 unspecified atom stereocenters. The number of pyridine rings is 1. The average Bonchev–Trinajstić information content (AvgIpc) is 2.50.